The van der Waals surface area contributed by atoms with E-state index in [0.29, 0.717) is 6.04 Å². The van der Waals surface area contributed by atoms with Gasteiger partial charge >= 0.3 is 0 Å². The highest BCUT2D eigenvalue weighted by Gasteiger charge is 2.47. The molecule has 0 bridgehead atoms. The van der Waals surface area contributed by atoms with Gasteiger partial charge in [0.2, 0.25) is 0 Å². The van der Waals surface area contributed by atoms with Gasteiger partial charge in [-0.15, -0.1) is 0 Å². The number of halogens is 1. The third kappa shape index (κ3) is 2.19. The maximum Gasteiger partial charge on any atom is 0.192 e. The number of guanidine groups is 1. The Morgan fingerprint density at radius 2 is 2.05 bits per heavy atom. The summed E-state index contributed by atoms with van der Waals surface area (Å²) in [4.78, 5) is 7.15. The zero-order valence-corrected chi connectivity index (χ0v) is 13.9. The summed E-state index contributed by atoms with van der Waals surface area (Å²) in [5.74, 6) is 0.794. The van der Waals surface area contributed by atoms with Gasteiger partial charge in [-0.2, -0.15) is 0 Å². The van der Waals surface area contributed by atoms with Crippen LogP contribution in [-0.2, 0) is 12.8 Å². The Hall–Kier alpha value is -1.03. The van der Waals surface area contributed by atoms with E-state index in [-0.39, 0.29) is 5.54 Å². The molecule has 3 nitrogen and oxygen atoms in total. The van der Waals surface area contributed by atoms with E-state index in [4.69, 9.17) is 5.73 Å². The van der Waals surface area contributed by atoms with E-state index in [1.165, 1.54) is 47.7 Å². The van der Waals surface area contributed by atoms with Crippen LogP contribution in [0.2, 0.25) is 0 Å². The van der Waals surface area contributed by atoms with E-state index in [1.807, 2.05) is 0 Å². The van der Waals surface area contributed by atoms with Gasteiger partial charge in [-0.3, -0.25) is 4.99 Å². The largest absolute Gasteiger partial charge is 0.370 e. The lowest BCUT2D eigenvalue weighted by Gasteiger charge is -2.45. The number of hydrogen-bond acceptors (Lipinski definition) is 3. The molecule has 0 radical (unpaired) electrons. The minimum absolute atomic E-state index is 0.153. The first-order valence-corrected chi connectivity index (χ1v) is 8.84. The van der Waals surface area contributed by atoms with Crippen LogP contribution in [-0.4, -0.2) is 29.0 Å². The molecule has 3 aliphatic rings. The molecule has 21 heavy (non-hydrogen) atoms. The van der Waals surface area contributed by atoms with E-state index >= 15 is 0 Å². The van der Waals surface area contributed by atoms with Crippen LogP contribution in [0.15, 0.2) is 27.7 Å². The molecule has 1 heterocycles. The Balaban J connectivity index is 1.66. The van der Waals surface area contributed by atoms with E-state index in [0.717, 1.165) is 25.3 Å². The van der Waals surface area contributed by atoms with Crippen LogP contribution in [0, 0.1) is 0 Å². The fourth-order valence-electron chi connectivity index (χ4n) is 4.51. The lowest BCUT2D eigenvalue weighted by Crippen LogP contribution is -2.58. The topological polar surface area (TPSA) is 41.6 Å². The summed E-state index contributed by atoms with van der Waals surface area (Å²) in [6.07, 6.45) is 8.66. The molecule has 1 aliphatic heterocycles. The van der Waals surface area contributed by atoms with E-state index < -0.39 is 0 Å². The quantitative estimate of drug-likeness (QED) is 0.847. The molecule has 2 aliphatic carbocycles. The zero-order chi connectivity index (χ0) is 14.4. The van der Waals surface area contributed by atoms with Crippen LogP contribution in [0.1, 0.15) is 43.2 Å². The van der Waals surface area contributed by atoms with Gasteiger partial charge in [-0.05, 0) is 55.4 Å². The van der Waals surface area contributed by atoms with Crippen molar-refractivity contribution in [3.63, 3.8) is 0 Å². The minimum atomic E-state index is 0.153. The van der Waals surface area contributed by atoms with Crippen LogP contribution < -0.4 is 5.73 Å². The summed E-state index contributed by atoms with van der Waals surface area (Å²) in [5, 5.41) is 0. The SMILES string of the molecule is NC1=NCC2(CCc3cc(Br)ccc3C2)N1C1CCCC1. The molecule has 1 unspecified atom stereocenters. The van der Waals surface area contributed by atoms with Crippen molar-refractivity contribution in [3.8, 4) is 0 Å². The smallest absolute Gasteiger partial charge is 0.192 e. The lowest BCUT2D eigenvalue weighted by molar-refractivity contribution is 0.131. The third-order valence-corrected chi connectivity index (χ3v) is 6.02. The van der Waals surface area contributed by atoms with E-state index in [1.54, 1.807) is 0 Å². The Labute approximate surface area is 134 Å². The normalized spacial score (nSPS) is 29.0. The molecule has 0 saturated heterocycles. The molecule has 1 fully saturated rings. The summed E-state index contributed by atoms with van der Waals surface area (Å²) in [6.45, 7) is 0.880. The van der Waals surface area contributed by atoms with Crippen LogP contribution in [0.4, 0.5) is 0 Å². The monoisotopic (exact) mass is 347 g/mol. The second-order valence-corrected chi connectivity index (χ2v) is 7.71. The molecule has 2 N–H and O–H groups in total. The number of aliphatic imine (C=N–C) groups is 1. The van der Waals surface area contributed by atoms with Gasteiger partial charge in [0, 0.05) is 10.5 Å². The number of aryl methyl sites for hydroxylation is 1. The molecule has 1 atom stereocenters. The number of nitrogens with two attached hydrogens (primary N) is 1. The summed E-state index contributed by atoms with van der Waals surface area (Å²) in [7, 11) is 0. The summed E-state index contributed by atoms with van der Waals surface area (Å²) < 4.78 is 1.19. The van der Waals surface area contributed by atoms with Crippen molar-refractivity contribution < 1.29 is 0 Å². The van der Waals surface area contributed by atoms with Crippen molar-refractivity contribution in [2.75, 3.05) is 6.54 Å². The van der Waals surface area contributed by atoms with Crippen molar-refractivity contribution in [1.29, 1.82) is 0 Å². The highest BCUT2D eigenvalue weighted by molar-refractivity contribution is 9.10. The molecular weight excluding hydrogens is 326 g/mol. The fraction of sp³-hybridized carbons (Fsp3) is 0.588. The first kappa shape index (κ1) is 13.6. The number of rotatable bonds is 1. The third-order valence-electron chi connectivity index (χ3n) is 5.53. The molecule has 1 aromatic carbocycles. The Morgan fingerprint density at radius 3 is 2.86 bits per heavy atom. The molecule has 4 heteroatoms. The highest BCUT2D eigenvalue weighted by atomic mass is 79.9. The van der Waals surface area contributed by atoms with Crippen molar-refractivity contribution in [1.82, 2.24) is 4.90 Å². The molecule has 0 aromatic heterocycles. The second kappa shape index (κ2) is 5.01. The standard InChI is InChI=1S/C17H22BrN3/c18-14-6-5-13-10-17(8-7-12(13)9-14)11-20-16(19)21(17)15-3-1-2-4-15/h5-6,9,15H,1-4,7-8,10-11H2,(H2,19,20). The van der Waals surface area contributed by atoms with Crippen molar-refractivity contribution in [2.45, 2.75) is 56.5 Å². The number of nitrogens with zero attached hydrogens (tertiary/aromatic N) is 2. The van der Waals surface area contributed by atoms with Gasteiger partial charge < -0.3 is 10.6 Å². The van der Waals surface area contributed by atoms with Crippen LogP contribution in [0.3, 0.4) is 0 Å². The Bertz CT molecular complexity index is 592. The number of benzene rings is 1. The summed E-state index contributed by atoms with van der Waals surface area (Å²) >= 11 is 3.59. The van der Waals surface area contributed by atoms with Crippen molar-refractivity contribution in [3.05, 3.63) is 33.8 Å². The van der Waals surface area contributed by atoms with Crippen LogP contribution >= 0.6 is 15.9 Å². The van der Waals surface area contributed by atoms with E-state index in [2.05, 4.69) is 44.0 Å². The lowest BCUT2D eigenvalue weighted by atomic mass is 9.76. The second-order valence-electron chi connectivity index (χ2n) is 6.80. The molecular formula is C17H22BrN3. The summed E-state index contributed by atoms with van der Waals surface area (Å²) in [5.41, 5.74) is 9.41. The van der Waals surface area contributed by atoms with E-state index in [9.17, 15) is 0 Å². The molecule has 1 spiro atoms. The average molecular weight is 348 g/mol. The maximum atomic E-state index is 6.28. The Morgan fingerprint density at radius 1 is 1.24 bits per heavy atom. The zero-order valence-electron chi connectivity index (χ0n) is 12.3. The number of fused-ring (bicyclic) bond motifs is 1. The van der Waals surface area contributed by atoms with Gasteiger partial charge in [0.1, 0.15) is 0 Å². The maximum absolute atomic E-state index is 6.28. The summed E-state index contributed by atoms with van der Waals surface area (Å²) in [6, 6.07) is 7.34. The fourth-order valence-corrected chi connectivity index (χ4v) is 4.92. The molecule has 4 rings (SSSR count). The highest BCUT2D eigenvalue weighted by Crippen LogP contribution is 2.41. The van der Waals surface area contributed by atoms with Gasteiger partial charge in [-0.1, -0.05) is 34.8 Å². The predicted octanol–water partition coefficient (Wildman–Crippen LogP) is 3.25. The first-order chi connectivity index (χ1) is 10.2. The van der Waals surface area contributed by atoms with Crippen LogP contribution in [0.5, 0.6) is 0 Å². The predicted molar refractivity (Wildman–Crippen MR) is 89.5 cm³/mol. The average Bonchev–Trinajstić information content (AvgIpc) is 3.08. The molecule has 1 aromatic rings. The Kier molecular flexibility index (Phi) is 3.25. The molecule has 0 amide bonds. The van der Waals surface area contributed by atoms with Gasteiger partial charge in [0.05, 0.1) is 12.1 Å². The number of hydrogen-bond donors (Lipinski definition) is 1. The first-order valence-electron chi connectivity index (χ1n) is 8.05. The van der Waals surface area contributed by atoms with Crippen LogP contribution in [0.25, 0.3) is 0 Å². The molecule has 112 valence electrons. The molecule has 1 saturated carbocycles. The van der Waals surface area contributed by atoms with Gasteiger partial charge in [0.25, 0.3) is 0 Å². The van der Waals surface area contributed by atoms with Crippen molar-refractivity contribution >= 4 is 21.9 Å². The van der Waals surface area contributed by atoms with Gasteiger partial charge in [-0.25, -0.2) is 0 Å². The van der Waals surface area contributed by atoms with Crippen molar-refractivity contribution in [2.24, 2.45) is 10.7 Å². The van der Waals surface area contributed by atoms with Gasteiger partial charge in [0.15, 0.2) is 5.96 Å². The minimum Gasteiger partial charge on any atom is -0.370 e.